The first-order valence-electron chi connectivity index (χ1n) is 7.34. The van der Waals surface area contributed by atoms with Gasteiger partial charge in [0.1, 0.15) is 0 Å². The van der Waals surface area contributed by atoms with Crippen LogP contribution in [0.15, 0.2) is 29.2 Å². The van der Waals surface area contributed by atoms with Gasteiger partial charge in [0.05, 0.1) is 4.90 Å². The fraction of sp³-hybridized carbons (Fsp3) is 0.600. The predicted molar refractivity (Wildman–Crippen MR) is 80.8 cm³/mol. The normalized spacial score (nSPS) is 18.3. The molecule has 1 saturated carbocycles. The summed E-state index contributed by atoms with van der Waals surface area (Å²) in [4.78, 5) is 0.313. The van der Waals surface area contributed by atoms with E-state index < -0.39 is 10.0 Å². The van der Waals surface area contributed by atoms with Gasteiger partial charge in [0, 0.05) is 12.6 Å². The molecule has 3 N–H and O–H groups in total. The van der Waals surface area contributed by atoms with E-state index in [1.54, 1.807) is 24.3 Å². The summed E-state index contributed by atoms with van der Waals surface area (Å²) >= 11 is 0. The lowest BCUT2D eigenvalue weighted by molar-refractivity contribution is 0.495. The van der Waals surface area contributed by atoms with E-state index in [1.165, 1.54) is 25.7 Å². The van der Waals surface area contributed by atoms with Crippen LogP contribution < -0.4 is 10.5 Å². The molecular weight excluding hydrogens is 272 g/mol. The van der Waals surface area contributed by atoms with Crippen LogP contribution in [-0.2, 0) is 10.0 Å². The van der Waals surface area contributed by atoms with Crippen LogP contribution in [0.2, 0.25) is 0 Å². The topological polar surface area (TPSA) is 72.2 Å². The van der Waals surface area contributed by atoms with Crippen molar-refractivity contribution in [1.82, 2.24) is 4.72 Å². The Balaban J connectivity index is 1.91. The first-order chi connectivity index (χ1) is 9.49. The molecule has 112 valence electrons. The van der Waals surface area contributed by atoms with Crippen LogP contribution >= 0.6 is 0 Å². The molecular formula is C15H24N2O2S. The maximum Gasteiger partial charge on any atom is 0.240 e. The first-order valence-corrected chi connectivity index (χ1v) is 8.82. The molecule has 1 unspecified atom stereocenters. The molecule has 1 aromatic rings. The zero-order chi connectivity index (χ0) is 14.6. The maximum atomic E-state index is 12.1. The molecule has 0 spiro atoms. The van der Waals surface area contributed by atoms with E-state index >= 15 is 0 Å². The Kier molecular flexibility index (Phi) is 5.18. The molecule has 0 amide bonds. The second kappa shape index (κ2) is 6.70. The highest BCUT2D eigenvalue weighted by Gasteiger charge is 2.17. The second-order valence-corrected chi connectivity index (χ2v) is 7.46. The van der Waals surface area contributed by atoms with Gasteiger partial charge in [-0.2, -0.15) is 0 Å². The van der Waals surface area contributed by atoms with E-state index in [0.29, 0.717) is 17.4 Å². The van der Waals surface area contributed by atoms with Gasteiger partial charge in [-0.3, -0.25) is 0 Å². The van der Waals surface area contributed by atoms with Crippen LogP contribution in [0.25, 0.3) is 0 Å². The van der Waals surface area contributed by atoms with Gasteiger partial charge in [-0.25, -0.2) is 13.1 Å². The third-order valence-corrected chi connectivity index (χ3v) is 5.51. The Morgan fingerprint density at radius 3 is 2.40 bits per heavy atom. The number of nitrogens with two attached hydrogens (primary N) is 1. The largest absolute Gasteiger partial charge is 0.324 e. The van der Waals surface area contributed by atoms with Gasteiger partial charge in [0.25, 0.3) is 0 Å². The number of hydrogen-bond acceptors (Lipinski definition) is 3. The molecule has 0 aliphatic heterocycles. The molecule has 5 heteroatoms. The van der Waals surface area contributed by atoms with Crippen LogP contribution in [0.4, 0.5) is 0 Å². The van der Waals surface area contributed by atoms with Crippen molar-refractivity contribution in [2.75, 3.05) is 6.54 Å². The molecule has 1 aromatic carbocycles. The van der Waals surface area contributed by atoms with Gasteiger partial charge in [-0.1, -0.05) is 37.8 Å². The van der Waals surface area contributed by atoms with Crippen LogP contribution in [-0.4, -0.2) is 15.0 Å². The Morgan fingerprint density at radius 2 is 1.85 bits per heavy atom. The number of nitrogens with one attached hydrogen (secondary N) is 1. The average Bonchev–Trinajstić information content (AvgIpc) is 2.92. The van der Waals surface area contributed by atoms with Gasteiger partial charge < -0.3 is 5.73 Å². The molecule has 0 aromatic heterocycles. The van der Waals surface area contributed by atoms with Crippen molar-refractivity contribution in [2.24, 2.45) is 11.7 Å². The summed E-state index contributed by atoms with van der Waals surface area (Å²) < 4.78 is 27.0. The Bertz CT molecular complexity index is 517. The van der Waals surface area contributed by atoms with Crippen LogP contribution in [0.1, 0.15) is 50.6 Å². The summed E-state index contributed by atoms with van der Waals surface area (Å²) in [6, 6.07) is 6.71. The van der Waals surface area contributed by atoms with E-state index in [-0.39, 0.29) is 6.04 Å². The van der Waals surface area contributed by atoms with Crippen molar-refractivity contribution in [3.05, 3.63) is 29.8 Å². The van der Waals surface area contributed by atoms with Crippen molar-refractivity contribution in [3.63, 3.8) is 0 Å². The molecule has 0 heterocycles. The van der Waals surface area contributed by atoms with Crippen molar-refractivity contribution < 1.29 is 8.42 Å². The molecule has 1 fully saturated rings. The van der Waals surface area contributed by atoms with Crippen LogP contribution in [0.3, 0.4) is 0 Å². The lowest BCUT2D eigenvalue weighted by Crippen LogP contribution is -2.26. The van der Waals surface area contributed by atoms with Crippen molar-refractivity contribution in [2.45, 2.75) is 50.0 Å². The number of sulfonamides is 1. The quantitative estimate of drug-likeness (QED) is 0.847. The first kappa shape index (κ1) is 15.5. The highest BCUT2D eigenvalue weighted by molar-refractivity contribution is 7.89. The summed E-state index contributed by atoms with van der Waals surface area (Å²) in [6.07, 6.45) is 6.00. The minimum Gasteiger partial charge on any atom is -0.324 e. The van der Waals surface area contributed by atoms with Gasteiger partial charge in [0.15, 0.2) is 0 Å². The summed E-state index contributed by atoms with van der Waals surface area (Å²) in [6.45, 7) is 2.41. The molecule has 4 nitrogen and oxygen atoms in total. The molecule has 0 bridgehead atoms. The fourth-order valence-corrected chi connectivity index (χ4v) is 3.78. The minimum absolute atomic E-state index is 0.0814. The van der Waals surface area contributed by atoms with Gasteiger partial charge in [-0.15, -0.1) is 0 Å². The Hall–Kier alpha value is -0.910. The average molecular weight is 296 g/mol. The lowest BCUT2D eigenvalue weighted by Gasteiger charge is -2.11. The molecule has 1 atom stereocenters. The van der Waals surface area contributed by atoms with Gasteiger partial charge >= 0.3 is 0 Å². The minimum atomic E-state index is -3.39. The molecule has 1 aliphatic rings. The zero-order valence-electron chi connectivity index (χ0n) is 12.0. The molecule has 0 radical (unpaired) electrons. The molecule has 1 aliphatic carbocycles. The highest BCUT2D eigenvalue weighted by Crippen LogP contribution is 2.27. The van der Waals surface area contributed by atoms with Gasteiger partial charge in [0.2, 0.25) is 10.0 Å². The Morgan fingerprint density at radius 1 is 1.25 bits per heavy atom. The Labute approximate surface area is 121 Å². The maximum absolute atomic E-state index is 12.1. The third kappa shape index (κ3) is 4.04. The summed E-state index contributed by atoms with van der Waals surface area (Å²) in [5.41, 5.74) is 6.70. The van der Waals surface area contributed by atoms with Crippen molar-refractivity contribution >= 4 is 10.0 Å². The third-order valence-electron chi connectivity index (χ3n) is 4.04. The van der Waals surface area contributed by atoms with E-state index in [4.69, 9.17) is 5.73 Å². The standard InChI is InChI=1S/C15H24N2O2S/c1-12(16)14-6-8-15(9-7-14)20(18,19)17-11-10-13-4-2-3-5-13/h6-9,12-13,17H,2-5,10-11,16H2,1H3. The molecule has 2 rings (SSSR count). The smallest absolute Gasteiger partial charge is 0.240 e. The molecule has 0 saturated heterocycles. The van der Waals surface area contributed by atoms with Crippen LogP contribution in [0, 0.1) is 5.92 Å². The van der Waals surface area contributed by atoms with E-state index in [0.717, 1.165) is 12.0 Å². The van der Waals surface area contributed by atoms with E-state index in [9.17, 15) is 8.42 Å². The van der Waals surface area contributed by atoms with Gasteiger partial charge in [-0.05, 0) is 37.0 Å². The SMILES string of the molecule is CC(N)c1ccc(S(=O)(=O)NCCC2CCCC2)cc1. The number of benzene rings is 1. The zero-order valence-corrected chi connectivity index (χ0v) is 12.8. The summed E-state index contributed by atoms with van der Waals surface area (Å²) in [5.74, 6) is 0.693. The summed E-state index contributed by atoms with van der Waals surface area (Å²) in [5, 5.41) is 0. The second-order valence-electron chi connectivity index (χ2n) is 5.69. The number of hydrogen-bond donors (Lipinski definition) is 2. The number of rotatable bonds is 6. The predicted octanol–water partition coefficient (Wildman–Crippen LogP) is 2.56. The van der Waals surface area contributed by atoms with E-state index in [1.807, 2.05) is 6.92 Å². The highest BCUT2D eigenvalue weighted by atomic mass is 32.2. The van der Waals surface area contributed by atoms with Crippen molar-refractivity contribution in [1.29, 1.82) is 0 Å². The van der Waals surface area contributed by atoms with Crippen LogP contribution in [0.5, 0.6) is 0 Å². The monoisotopic (exact) mass is 296 g/mol. The lowest BCUT2D eigenvalue weighted by atomic mass is 10.1. The summed E-state index contributed by atoms with van der Waals surface area (Å²) in [7, 11) is -3.39. The molecule has 20 heavy (non-hydrogen) atoms. The fourth-order valence-electron chi connectivity index (χ4n) is 2.73. The van der Waals surface area contributed by atoms with Crippen molar-refractivity contribution in [3.8, 4) is 0 Å². The van der Waals surface area contributed by atoms with E-state index in [2.05, 4.69) is 4.72 Å².